The lowest BCUT2D eigenvalue weighted by Gasteiger charge is -2.19. The molecule has 0 N–H and O–H groups in total. The topological polar surface area (TPSA) is 76.6 Å². The molecule has 2 aliphatic rings. The predicted molar refractivity (Wildman–Crippen MR) is 83.7 cm³/mol. The van der Waals surface area contributed by atoms with Crippen LogP contribution in [0, 0.1) is 6.92 Å². The zero-order chi connectivity index (χ0) is 15.9. The van der Waals surface area contributed by atoms with Gasteiger partial charge in [-0.25, -0.2) is 17.7 Å². The maximum absolute atomic E-state index is 12.6. The summed E-state index contributed by atoms with van der Waals surface area (Å²) >= 11 is 1.32. The van der Waals surface area contributed by atoms with E-state index >= 15 is 0 Å². The summed E-state index contributed by atoms with van der Waals surface area (Å²) in [5.74, 6) is -0.213. The van der Waals surface area contributed by atoms with Gasteiger partial charge in [0.25, 0.3) is 5.91 Å². The fourth-order valence-corrected chi connectivity index (χ4v) is 5.56. The number of hydrogen-bond acceptors (Lipinski definition) is 6. The second-order valence-electron chi connectivity index (χ2n) is 5.90. The van der Waals surface area contributed by atoms with Crippen molar-refractivity contribution in [3.8, 4) is 0 Å². The SMILES string of the molecule is Cc1nc(C2CCCOC2)sc1C(=O)N1CCC(C)S1(=O)=O. The van der Waals surface area contributed by atoms with Crippen molar-refractivity contribution in [1.29, 1.82) is 0 Å². The van der Waals surface area contributed by atoms with Crippen molar-refractivity contribution in [1.82, 2.24) is 9.29 Å². The van der Waals surface area contributed by atoms with Gasteiger partial charge in [-0.2, -0.15) is 0 Å². The van der Waals surface area contributed by atoms with Gasteiger partial charge in [0.15, 0.2) is 0 Å². The summed E-state index contributed by atoms with van der Waals surface area (Å²) < 4.78 is 30.9. The first-order valence-corrected chi connectivity index (χ1v) is 9.84. The van der Waals surface area contributed by atoms with Crippen molar-refractivity contribution in [2.75, 3.05) is 19.8 Å². The van der Waals surface area contributed by atoms with E-state index in [-0.39, 0.29) is 12.5 Å². The predicted octanol–water partition coefficient (Wildman–Crippen LogP) is 1.91. The van der Waals surface area contributed by atoms with Gasteiger partial charge in [-0.3, -0.25) is 4.79 Å². The molecule has 3 heterocycles. The lowest BCUT2D eigenvalue weighted by molar-refractivity contribution is 0.0803. The Bertz CT molecular complexity index is 677. The zero-order valence-corrected chi connectivity index (χ0v) is 14.4. The Morgan fingerprint density at radius 1 is 1.41 bits per heavy atom. The molecule has 6 nitrogen and oxygen atoms in total. The van der Waals surface area contributed by atoms with Crippen molar-refractivity contribution in [2.24, 2.45) is 0 Å². The summed E-state index contributed by atoms with van der Waals surface area (Å²) in [6.07, 6.45) is 2.49. The number of ether oxygens (including phenoxy) is 1. The second kappa shape index (κ2) is 5.90. The molecule has 22 heavy (non-hydrogen) atoms. The van der Waals surface area contributed by atoms with Gasteiger partial charge in [-0.1, -0.05) is 0 Å². The smallest absolute Gasteiger partial charge is 0.279 e. The largest absolute Gasteiger partial charge is 0.381 e. The van der Waals surface area contributed by atoms with Crippen LogP contribution >= 0.6 is 11.3 Å². The highest BCUT2D eigenvalue weighted by atomic mass is 32.2. The number of rotatable bonds is 2. The van der Waals surface area contributed by atoms with E-state index in [0.717, 1.165) is 28.8 Å². The van der Waals surface area contributed by atoms with Crippen LogP contribution < -0.4 is 0 Å². The van der Waals surface area contributed by atoms with Gasteiger partial charge < -0.3 is 4.74 Å². The molecule has 0 bridgehead atoms. The molecule has 2 unspecified atom stereocenters. The minimum absolute atomic E-state index is 0.216. The van der Waals surface area contributed by atoms with Crippen LogP contribution in [-0.2, 0) is 14.8 Å². The Labute approximate surface area is 134 Å². The Morgan fingerprint density at radius 3 is 2.77 bits per heavy atom. The molecular formula is C14H20N2O4S2. The molecule has 1 aromatic heterocycles. The highest BCUT2D eigenvalue weighted by molar-refractivity contribution is 7.90. The molecule has 2 fully saturated rings. The molecule has 2 aliphatic heterocycles. The number of sulfonamides is 1. The number of thiazole rings is 1. The van der Waals surface area contributed by atoms with Crippen LogP contribution in [0.1, 0.15) is 52.5 Å². The number of nitrogens with zero attached hydrogens (tertiary/aromatic N) is 2. The molecule has 0 aliphatic carbocycles. The quantitative estimate of drug-likeness (QED) is 0.819. The summed E-state index contributed by atoms with van der Waals surface area (Å²) in [5, 5.41) is 0.390. The van der Waals surface area contributed by atoms with Crippen molar-refractivity contribution in [3.05, 3.63) is 15.6 Å². The van der Waals surface area contributed by atoms with Gasteiger partial charge >= 0.3 is 0 Å². The zero-order valence-electron chi connectivity index (χ0n) is 12.7. The Balaban J connectivity index is 1.86. The number of carbonyl (C=O) groups is 1. The summed E-state index contributed by atoms with van der Waals surface area (Å²) in [6, 6.07) is 0. The average molecular weight is 344 g/mol. The van der Waals surface area contributed by atoms with E-state index in [1.807, 2.05) is 0 Å². The molecule has 0 aromatic carbocycles. The van der Waals surface area contributed by atoms with Crippen molar-refractivity contribution >= 4 is 27.3 Å². The third-order valence-electron chi connectivity index (χ3n) is 4.30. The normalized spacial score (nSPS) is 28.0. The van der Waals surface area contributed by atoms with E-state index in [1.165, 1.54) is 11.3 Å². The van der Waals surface area contributed by atoms with Crippen LogP contribution in [0.15, 0.2) is 0 Å². The molecule has 0 spiro atoms. The lowest BCUT2D eigenvalue weighted by atomic mass is 10.0. The molecule has 1 aromatic rings. The van der Waals surface area contributed by atoms with E-state index < -0.39 is 21.2 Å². The van der Waals surface area contributed by atoms with Crippen LogP contribution in [0.2, 0.25) is 0 Å². The molecule has 1 amide bonds. The highest BCUT2D eigenvalue weighted by Crippen LogP contribution is 2.33. The van der Waals surface area contributed by atoms with Gasteiger partial charge in [0.05, 0.1) is 22.6 Å². The van der Waals surface area contributed by atoms with Gasteiger partial charge in [0, 0.05) is 19.1 Å². The minimum atomic E-state index is -3.51. The van der Waals surface area contributed by atoms with Crippen molar-refractivity contribution in [2.45, 2.75) is 44.3 Å². The van der Waals surface area contributed by atoms with Crippen molar-refractivity contribution < 1.29 is 17.9 Å². The second-order valence-corrected chi connectivity index (χ2v) is 9.21. The summed E-state index contributed by atoms with van der Waals surface area (Å²) in [6.45, 7) is 5.08. The van der Waals surface area contributed by atoms with Gasteiger partial charge in [-0.15, -0.1) is 11.3 Å². The molecule has 122 valence electrons. The maximum Gasteiger partial charge on any atom is 0.279 e. The van der Waals surface area contributed by atoms with E-state index in [4.69, 9.17) is 4.74 Å². The van der Waals surface area contributed by atoms with Crippen molar-refractivity contribution in [3.63, 3.8) is 0 Å². The standard InChI is InChI=1S/C14H20N2O4S2/c1-9-5-6-16(22(9,18)19)14(17)12-10(2)15-13(21-12)11-4-3-7-20-8-11/h9,11H,3-8H2,1-2H3. The molecular weight excluding hydrogens is 324 g/mol. The van der Waals surface area contributed by atoms with E-state index in [0.29, 0.717) is 23.6 Å². The minimum Gasteiger partial charge on any atom is -0.381 e. The molecule has 2 saturated heterocycles. The number of hydrogen-bond donors (Lipinski definition) is 0. The van der Waals surface area contributed by atoms with Crippen LogP contribution in [0.25, 0.3) is 0 Å². The molecule has 0 radical (unpaired) electrons. The molecule has 8 heteroatoms. The number of aromatic nitrogens is 1. The lowest BCUT2D eigenvalue weighted by Crippen LogP contribution is -2.34. The van der Waals surface area contributed by atoms with Crippen LogP contribution in [0.5, 0.6) is 0 Å². The van der Waals surface area contributed by atoms with E-state index in [1.54, 1.807) is 13.8 Å². The Kier molecular flexibility index (Phi) is 4.26. The van der Waals surface area contributed by atoms with Gasteiger partial charge in [0.1, 0.15) is 4.88 Å². The fraction of sp³-hybridized carbons (Fsp3) is 0.714. The summed E-state index contributed by atoms with van der Waals surface area (Å²) in [4.78, 5) is 17.5. The summed E-state index contributed by atoms with van der Waals surface area (Å²) in [5.41, 5.74) is 0.616. The highest BCUT2D eigenvalue weighted by Gasteiger charge is 2.40. The van der Waals surface area contributed by atoms with Crippen LogP contribution in [0.4, 0.5) is 0 Å². The van der Waals surface area contributed by atoms with Gasteiger partial charge in [0.2, 0.25) is 10.0 Å². The first-order valence-electron chi connectivity index (χ1n) is 7.52. The maximum atomic E-state index is 12.6. The summed E-state index contributed by atoms with van der Waals surface area (Å²) in [7, 11) is -3.51. The first-order chi connectivity index (χ1) is 10.4. The fourth-order valence-electron chi connectivity index (χ4n) is 2.85. The first kappa shape index (κ1) is 15.9. The third kappa shape index (κ3) is 2.68. The Morgan fingerprint density at radius 2 is 2.18 bits per heavy atom. The number of amides is 1. The Hall–Kier alpha value is -0.990. The van der Waals surface area contributed by atoms with Gasteiger partial charge in [-0.05, 0) is 33.1 Å². The average Bonchev–Trinajstić information content (AvgIpc) is 3.01. The monoisotopic (exact) mass is 344 g/mol. The number of aryl methyl sites for hydroxylation is 1. The van der Waals surface area contributed by atoms with Crippen LogP contribution in [0.3, 0.4) is 0 Å². The molecule has 2 atom stereocenters. The van der Waals surface area contributed by atoms with E-state index in [2.05, 4.69) is 4.98 Å². The van der Waals surface area contributed by atoms with Crippen LogP contribution in [-0.4, -0.2) is 48.6 Å². The molecule has 3 rings (SSSR count). The van der Waals surface area contributed by atoms with E-state index in [9.17, 15) is 13.2 Å². The third-order valence-corrected chi connectivity index (χ3v) is 7.82. The number of carbonyl (C=O) groups excluding carboxylic acids is 1. The molecule has 0 saturated carbocycles.